The zero-order valence-corrected chi connectivity index (χ0v) is 12.5. The summed E-state index contributed by atoms with van der Waals surface area (Å²) in [6.45, 7) is 2.03. The van der Waals surface area contributed by atoms with Crippen LogP contribution < -0.4 is 4.89 Å². The highest BCUT2D eigenvalue weighted by molar-refractivity contribution is 5.30. The highest BCUT2D eigenvalue weighted by Gasteiger charge is 2.16. The summed E-state index contributed by atoms with van der Waals surface area (Å²) in [5.74, 6) is 0.705. The Kier molecular flexibility index (Phi) is 4.52. The lowest BCUT2D eigenvalue weighted by atomic mass is 10.0. The van der Waals surface area contributed by atoms with Crippen LogP contribution in [0, 0.1) is 6.92 Å². The van der Waals surface area contributed by atoms with Gasteiger partial charge in [-0.3, -0.25) is 0 Å². The van der Waals surface area contributed by atoms with E-state index in [0.29, 0.717) is 5.75 Å². The second-order valence-corrected chi connectivity index (χ2v) is 5.20. The molecule has 0 aliphatic carbocycles. The quantitative estimate of drug-likeness (QED) is 0.481. The molecular formula is C20H18O2. The van der Waals surface area contributed by atoms with Crippen LogP contribution in [0.4, 0.5) is 0 Å². The van der Waals surface area contributed by atoms with Gasteiger partial charge in [-0.25, -0.2) is 0 Å². The fourth-order valence-corrected chi connectivity index (χ4v) is 2.33. The molecule has 2 nitrogen and oxygen atoms in total. The summed E-state index contributed by atoms with van der Waals surface area (Å²) in [7, 11) is 0. The monoisotopic (exact) mass is 290 g/mol. The minimum absolute atomic E-state index is 0.261. The average Bonchev–Trinajstić information content (AvgIpc) is 2.57. The molecule has 0 amide bonds. The Bertz CT molecular complexity index is 669. The van der Waals surface area contributed by atoms with Crippen molar-refractivity contribution in [3.63, 3.8) is 0 Å². The lowest BCUT2D eigenvalue weighted by Crippen LogP contribution is -2.09. The van der Waals surface area contributed by atoms with Gasteiger partial charge in [-0.05, 0) is 35.7 Å². The second-order valence-electron chi connectivity index (χ2n) is 5.20. The molecule has 0 radical (unpaired) electrons. The van der Waals surface area contributed by atoms with E-state index in [-0.39, 0.29) is 6.10 Å². The summed E-state index contributed by atoms with van der Waals surface area (Å²) in [6, 6.07) is 28.0. The Labute approximate surface area is 130 Å². The lowest BCUT2D eigenvalue weighted by molar-refractivity contribution is -0.236. The second kappa shape index (κ2) is 6.92. The summed E-state index contributed by atoms with van der Waals surface area (Å²) in [4.78, 5) is 11.3. The third-order valence-electron chi connectivity index (χ3n) is 3.43. The largest absolute Gasteiger partial charge is 0.337 e. The molecule has 0 aliphatic rings. The Morgan fingerprint density at radius 1 is 0.682 bits per heavy atom. The number of rotatable bonds is 5. The van der Waals surface area contributed by atoms with Crippen LogP contribution in [0.25, 0.3) is 0 Å². The molecule has 2 heteroatoms. The first-order valence-electron chi connectivity index (χ1n) is 7.33. The van der Waals surface area contributed by atoms with E-state index in [0.717, 1.165) is 16.7 Å². The summed E-state index contributed by atoms with van der Waals surface area (Å²) in [5, 5.41) is 0. The lowest BCUT2D eigenvalue weighted by Gasteiger charge is -2.17. The van der Waals surface area contributed by atoms with Crippen molar-refractivity contribution in [1.29, 1.82) is 0 Å². The van der Waals surface area contributed by atoms with Gasteiger partial charge >= 0.3 is 0 Å². The Balaban J connectivity index is 1.83. The zero-order valence-electron chi connectivity index (χ0n) is 12.5. The molecule has 0 spiro atoms. The third kappa shape index (κ3) is 3.54. The summed E-state index contributed by atoms with van der Waals surface area (Å²) >= 11 is 0. The molecule has 0 aromatic heterocycles. The molecule has 3 aromatic carbocycles. The van der Waals surface area contributed by atoms with Crippen LogP contribution in [0.15, 0.2) is 84.9 Å². The highest BCUT2D eigenvalue weighted by atomic mass is 17.2. The number of aryl methyl sites for hydroxylation is 1. The molecule has 0 unspecified atom stereocenters. The maximum absolute atomic E-state index is 5.76. The molecule has 0 N–H and O–H groups in total. The first kappa shape index (κ1) is 14.4. The first-order valence-corrected chi connectivity index (χ1v) is 7.33. The molecule has 0 heterocycles. The van der Waals surface area contributed by atoms with Gasteiger partial charge in [-0.15, -0.1) is 0 Å². The Morgan fingerprint density at radius 3 is 1.82 bits per heavy atom. The molecule has 110 valence electrons. The number of hydrogen-bond acceptors (Lipinski definition) is 2. The highest BCUT2D eigenvalue weighted by Crippen LogP contribution is 2.27. The maximum Gasteiger partial charge on any atom is 0.165 e. The van der Waals surface area contributed by atoms with Crippen LogP contribution in [-0.4, -0.2) is 0 Å². The van der Waals surface area contributed by atoms with E-state index in [2.05, 4.69) is 0 Å². The number of hydrogen-bond donors (Lipinski definition) is 0. The van der Waals surface area contributed by atoms with Crippen molar-refractivity contribution in [2.75, 3.05) is 0 Å². The maximum atomic E-state index is 5.76. The summed E-state index contributed by atoms with van der Waals surface area (Å²) < 4.78 is 0. The van der Waals surface area contributed by atoms with Gasteiger partial charge in [0.05, 0.1) is 0 Å². The van der Waals surface area contributed by atoms with Crippen LogP contribution in [0.3, 0.4) is 0 Å². The predicted molar refractivity (Wildman–Crippen MR) is 87.6 cm³/mol. The molecule has 3 aromatic rings. The molecule has 0 atom stereocenters. The third-order valence-corrected chi connectivity index (χ3v) is 3.43. The van der Waals surface area contributed by atoms with Gasteiger partial charge in [0.15, 0.2) is 11.9 Å². The Morgan fingerprint density at radius 2 is 1.27 bits per heavy atom. The van der Waals surface area contributed by atoms with Crippen LogP contribution in [-0.2, 0) is 4.89 Å². The molecule has 22 heavy (non-hydrogen) atoms. The van der Waals surface area contributed by atoms with E-state index in [9.17, 15) is 0 Å². The van der Waals surface area contributed by atoms with E-state index < -0.39 is 0 Å². The standard InChI is InChI=1S/C20H18O2/c1-16-9-8-14-19(15-16)21-22-20(17-10-4-2-5-11-17)18-12-6-3-7-13-18/h2-15,20H,1H3. The molecule has 0 saturated heterocycles. The minimum Gasteiger partial charge on any atom is -0.337 e. The summed E-state index contributed by atoms with van der Waals surface area (Å²) in [6.07, 6.45) is -0.261. The van der Waals surface area contributed by atoms with Crippen molar-refractivity contribution in [2.24, 2.45) is 0 Å². The van der Waals surface area contributed by atoms with Gasteiger partial charge in [0, 0.05) is 0 Å². The molecular weight excluding hydrogens is 272 g/mol. The van der Waals surface area contributed by atoms with Gasteiger partial charge in [-0.2, -0.15) is 4.89 Å². The van der Waals surface area contributed by atoms with Gasteiger partial charge < -0.3 is 4.89 Å². The molecule has 3 rings (SSSR count). The van der Waals surface area contributed by atoms with Crippen molar-refractivity contribution >= 4 is 0 Å². The van der Waals surface area contributed by atoms with Crippen LogP contribution in [0.5, 0.6) is 5.75 Å². The first-order chi connectivity index (χ1) is 10.8. The van der Waals surface area contributed by atoms with Gasteiger partial charge in [0.25, 0.3) is 0 Å². The Hall–Kier alpha value is -2.58. The number of benzene rings is 3. The predicted octanol–water partition coefficient (Wildman–Crippen LogP) is 5.10. The van der Waals surface area contributed by atoms with Crippen molar-refractivity contribution in [3.8, 4) is 5.75 Å². The van der Waals surface area contributed by atoms with Gasteiger partial charge in [0.1, 0.15) is 0 Å². The van der Waals surface area contributed by atoms with Crippen LogP contribution in [0.2, 0.25) is 0 Å². The van der Waals surface area contributed by atoms with Crippen molar-refractivity contribution in [2.45, 2.75) is 13.0 Å². The van der Waals surface area contributed by atoms with Crippen molar-refractivity contribution in [1.82, 2.24) is 0 Å². The van der Waals surface area contributed by atoms with E-state index in [1.54, 1.807) is 0 Å². The van der Waals surface area contributed by atoms with Gasteiger partial charge in [0.2, 0.25) is 0 Å². The van der Waals surface area contributed by atoms with Crippen LogP contribution >= 0.6 is 0 Å². The fraction of sp³-hybridized carbons (Fsp3) is 0.100. The van der Waals surface area contributed by atoms with E-state index in [4.69, 9.17) is 9.78 Å². The van der Waals surface area contributed by atoms with E-state index >= 15 is 0 Å². The fourth-order valence-electron chi connectivity index (χ4n) is 2.33. The molecule has 0 aliphatic heterocycles. The van der Waals surface area contributed by atoms with Crippen LogP contribution in [0.1, 0.15) is 22.8 Å². The SMILES string of the molecule is Cc1cccc(OOC(c2ccccc2)c2ccccc2)c1. The zero-order chi connectivity index (χ0) is 15.2. The van der Waals surface area contributed by atoms with Crippen molar-refractivity contribution < 1.29 is 9.78 Å². The molecule has 0 bridgehead atoms. The van der Waals surface area contributed by atoms with Gasteiger partial charge in [-0.1, -0.05) is 72.8 Å². The smallest absolute Gasteiger partial charge is 0.165 e. The van der Waals surface area contributed by atoms with E-state index in [1.807, 2.05) is 91.9 Å². The summed E-state index contributed by atoms with van der Waals surface area (Å²) in [5.41, 5.74) is 3.25. The van der Waals surface area contributed by atoms with Crippen molar-refractivity contribution in [3.05, 3.63) is 102 Å². The normalized spacial score (nSPS) is 10.6. The van der Waals surface area contributed by atoms with E-state index in [1.165, 1.54) is 0 Å². The average molecular weight is 290 g/mol. The molecule has 0 saturated carbocycles. The topological polar surface area (TPSA) is 18.5 Å². The molecule has 0 fully saturated rings. The minimum atomic E-state index is -0.261.